The van der Waals surface area contributed by atoms with Gasteiger partial charge in [-0.15, -0.1) is 0 Å². The minimum Gasteiger partial charge on any atom is -0.465 e. The number of benzene rings is 2. The zero-order valence-electron chi connectivity index (χ0n) is 21.5. The van der Waals surface area contributed by atoms with Gasteiger partial charge in [0.25, 0.3) is 10.0 Å². The van der Waals surface area contributed by atoms with Crippen LogP contribution in [0.25, 0.3) is 22.6 Å². The summed E-state index contributed by atoms with van der Waals surface area (Å²) < 4.78 is 57.3. The van der Waals surface area contributed by atoms with E-state index in [9.17, 15) is 17.6 Å². The number of halogens is 3. The minimum absolute atomic E-state index is 0.0453. The van der Waals surface area contributed by atoms with Crippen molar-refractivity contribution in [2.45, 2.75) is 36.6 Å². The number of hydrogen-bond donors (Lipinski definition) is 5. The monoisotopic (exact) mass is 603 g/mol. The Hall–Kier alpha value is -4.30. The third-order valence-electron chi connectivity index (χ3n) is 6.20. The van der Waals surface area contributed by atoms with Gasteiger partial charge in [-0.2, -0.15) is 0 Å². The van der Waals surface area contributed by atoms with Crippen molar-refractivity contribution in [1.82, 2.24) is 25.3 Å². The van der Waals surface area contributed by atoms with Crippen LogP contribution in [0.4, 0.5) is 25.2 Å². The summed E-state index contributed by atoms with van der Waals surface area (Å²) in [5, 5.41) is 14.2. The second kappa shape index (κ2) is 11.3. The first kappa shape index (κ1) is 28.2. The van der Waals surface area contributed by atoms with Crippen LogP contribution in [0.1, 0.15) is 31.5 Å². The van der Waals surface area contributed by atoms with E-state index in [-0.39, 0.29) is 39.6 Å². The topological polar surface area (TPSA) is 162 Å². The maximum atomic E-state index is 16.0. The van der Waals surface area contributed by atoms with Crippen molar-refractivity contribution < 1.29 is 27.1 Å². The number of carboxylic acid groups (broad SMARTS) is 1. The summed E-state index contributed by atoms with van der Waals surface area (Å²) in [5.41, 5.74) is 0.418. The zero-order chi connectivity index (χ0) is 29.3. The first-order chi connectivity index (χ1) is 19.5. The number of hydrogen-bond acceptors (Lipinski definition) is 7. The van der Waals surface area contributed by atoms with Gasteiger partial charge in [-0.25, -0.2) is 36.9 Å². The predicted octanol–water partition coefficient (Wildman–Crippen LogP) is 5.21. The van der Waals surface area contributed by atoms with Gasteiger partial charge >= 0.3 is 6.09 Å². The number of aromatic nitrogens is 4. The summed E-state index contributed by atoms with van der Waals surface area (Å²) in [5.74, 6) is -0.553. The highest BCUT2D eigenvalue weighted by Crippen LogP contribution is 2.43. The summed E-state index contributed by atoms with van der Waals surface area (Å²) in [6.07, 6.45) is 2.12. The van der Waals surface area contributed by atoms with Gasteiger partial charge in [-0.3, -0.25) is 4.72 Å². The largest absolute Gasteiger partial charge is 0.465 e. The van der Waals surface area contributed by atoms with Crippen LogP contribution in [-0.4, -0.2) is 52.1 Å². The molecule has 11 nitrogen and oxygen atoms in total. The Morgan fingerprint density at radius 1 is 1.17 bits per heavy atom. The molecular formula is C26H24ClF2N7O4S. The Kier molecular flexibility index (Phi) is 7.78. The fourth-order valence-electron chi connectivity index (χ4n) is 4.07. The van der Waals surface area contributed by atoms with Crippen molar-refractivity contribution >= 4 is 39.4 Å². The van der Waals surface area contributed by atoms with Crippen LogP contribution < -0.4 is 15.4 Å². The Balaban J connectivity index is 1.51. The average Bonchev–Trinajstić information content (AvgIpc) is 3.67. The van der Waals surface area contributed by atoms with Crippen molar-refractivity contribution in [3.8, 4) is 22.6 Å². The van der Waals surface area contributed by atoms with Gasteiger partial charge in [0.15, 0.2) is 5.82 Å². The van der Waals surface area contributed by atoms with Crippen LogP contribution in [0.15, 0.2) is 53.6 Å². The summed E-state index contributed by atoms with van der Waals surface area (Å²) in [7, 11) is -4.27. The molecule has 1 fully saturated rings. The Bertz CT molecular complexity index is 1710. The van der Waals surface area contributed by atoms with Crippen molar-refractivity contribution in [2.24, 2.45) is 0 Å². The second-order valence-electron chi connectivity index (χ2n) is 9.49. The Labute approximate surface area is 238 Å². The molecule has 41 heavy (non-hydrogen) atoms. The smallest absolute Gasteiger partial charge is 0.404 e. The number of nitrogens with zero attached hydrogens (tertiary/aromatic N) is 3. The molecule has 2 aromatic carbocycles. The molecule has 0 saturated heterocycles. The number of imidazole rings is 1. The van der Waals surface area contributed by atoms with E-state index >= 15 is 4.39 Å². The highest BCUT2D eigenvalue weighted by Gasteiger charge is 2.30. The third-order valence-corrected chi connectivity index (χ3v) is 7.80. The highest BCUT2D eigenvalue weighted by atomic mass is 35.5. The lowest BCUT2D eigenvalue weighted by Gasteiger charge is -2.13. The van der Waals surface area contributed by atoms with Crippen LogP contribution in [0, 0.1) is 11.6 Å². The summed E-state index contributed by atoms with van der Waals surface area (Å²) in [6, 6.07) is 7.74. The van der Waals surface area contributed by atoms with E-state index < -0.39 is 39.5 Å². The molecule has 1 amide bonds. The number of sulfonamides is 1. The molecule has 214 valence electrons. The lowest BCUT2D eigenvalue weighted by molar-refractivity contribution is 0.191. The minimum atomic E-state index is -4.27. The first-order valence-corrected chi connectivity index (χ1v) is 14.3. The molecule has 5 rings (SSSR count). The van der Waals surface area contributed by atoms with Crippen molar-refractivity contribution in [1.29, 1.82) is 0 Å². The van der Waals surface area contributed by atoms with E-state index in [1.807, 2.05) is 0 Å². The number of carbonyl (C=O) groups is 1. The highest BCUT2D eigenvalue weighted by molar-refractivity contribution is 7.92. The molecule has 1 atom stereocenters. The molecule has 2 aromatic heterocycles. The molecule has 0 bridgehead atoms. The molecule has 0 aliphatic heterocycles. The fourth-order valence-corrected chi connectivity index (χ4v) is 5.34. The lowest BCUT2D eigenvalue weighted by atomic mass is 10.1. The maximum Gasteiger partial charge on any atom is 0.404 e. The van der Waals surface area contributed by atoms with Crippen LogP contribution in [0.5, 0.6) is 0 Å². The van der Waals surface area contributed by atoms with Crippen LogP contribution in [0.2, 0.25) is 5.02 Å². The standard InChI is InChI=1S/C26H24ClF2N7O4S/c1-13(32-26(37)38)12-31-25-30-9-8-19(33-25)23-22(34-24(35-23)14-2-3-14)18-10-15(27)11-20(21(18)29)36-41(39,40)17-6-4-16(28)5-7-17/h4-11,13-14,32,36H,2-3,12H2,1H3,(H,34,35)(H,37,38)(H,30,31,33). The number of rotatable bonds is 10. The molecule has 15 heteroatoms. The maximum absolute atomic E-state index is 16.0. The zero-order valence-corrected chi connectivity index (χ0v) is 23.0. The molecule has 4 aromatic rings. The lowest BCUT2D eigenvalue weighted by Crippen LogP contribution is -2.36. The van der Waals surface area contributed by atoms with E-state index in [1.165, 1.54) is 12.3 Å². The van der Waals surface area contributed by atoms with Crippen LogP contribution >= 0.6 is 11.6 Å². The van der Waals surface area contributed by atoms with Gasteiger partial charge in [-0.05, 0) is 62.2 Å². The van der Waals surface area contributed by atoms with Gasteiger partial charge < -0.3 is 20.7 Å². The van der Waals surface area contributed by atoms with E-state index in [4.69, 9.17) is 16.7 Å². The molecule has 2 heterocycles. The molecule has 1 saturated carbocycles. The van der Waals surface area contributed by atoms with Crippen molar-refractivity contribution in [2.75, 3.05) is 16.6 Å². The van der Waals surface area contributed by atoms with Crippen LogP contribution in [-0.2, 0) is 10.0 Å². The van der Waals surface area contributed by atoms with Crippen LogP contribution in [0.3, 0.4) is 0 Å². The third kappa shape index (κ3) is 6.55. The van der Waals surface area contributed by atoms with Gasteiger partial charge in [-0.1, -0.05) is 11.6 Å². The van der Waals surface area contributed by atoms with Gasteiger partial charge in [0, 0.05) is 35.3 Å². The first-order valence-electron chi connectivity index (χ1n) is 12.4. The number of H-pyrrole nitrogens is 1. The van der Waals surface area contributed by atoms with Gasteiger partial charge in [0.1, 0.15) is 17.3 Å². The number of amides is 1. The summed E-state index contributed by atoms with van der Waals surface area (Å²) >= 11 is 6.31. The quantitative estimate of drug-likeness (QED) is 0.165. The summed E-state index contributed by atoms with van der Waals surface area (Å²) in [6.45, 7) is 1.87. The fraction of sp³-hybridized carbons (Fsp3) is 0.231. The van der Waals surface area contributed by atoms with Crippen molar-refractivity contribution in [3.05, 3.63) is 71.1 Å². The second-order valence-corrected chi connectivity index (χ2v) is 11.6. The normalized spacial score (nSPS) is 14.0. The predicted molar refractivity (Wildman–Crippen MR) is 148 cm³/mol. The van der Waals surface area contributed by atoms with Crippen molar-refractivity contribution in [3.63, 3.8) is 0 Å². The molecular weight excluding hydrogens is 580 g/mol. The number of nitrogens with one attached hydrogen (secondary N) is 4. The molecule has 1 aliphatic rings. The summed E-state index contributed by atoms with van der Waals surface area (Å²) in [4.78, 5) is 27.1. The average molecular weight is 604 g/mol. The number of aromatic amines is 1. The molecule has 0 radical (unpaired) electrons. The van der Waals surface area contributed by atoms with E-state index in [2.05, 4.69) is 35.3 Å². The van der Waals surface area contributed by atoms with E-state index in [0.29, 0.717) is 17.2 Å². The molecule has 0 spiro atoms. The number of anilines is 2. The molecule has 5 N–H and O–H groups in total. The van der Waals surface area contributed by atoms with E-state index in [0.717, 1.165) is 43.2 Å². The van der Waals surface area contributed by atoms with Gasteiger partial charge in [0.2, 0.25) is 5.95 Å². The SMILES string of the molecule is CC(CNc1nccc(-c2nc(C3CC3)[nH]c2-c2cc(Cl)cc(NS(=O)(=O)c3ccc(F)cc3)c2F)n1)NC(=O)O. The molecule has 1 unspecified atom stereocenters. The van der Waals surface area contributed by atoms with Gasteiger partial charge in [0.05, 0.1) is 22.0 Å². The Morgan fingerprint density at radius 2 is 1.90 bits per heavy atom. The van der Waals surface area contributed by atoms with E-state index in [1.54, 1.807) is 13.0 Å². The Morgan fingerprint density at radius 3 is 2.59 bits per heavy atom. The molecule has 1 aliphatic carbocycles.